The van der Waals surface area contributed by atoms with Crippen molar-refractivity contribution in [1.29, 1.82) is 0 Å². The Labute approximate surface area is 96.1 Å². The van der Waals surface area contributed by atoms with Gasteiger partial charge in [0.15, 0.2) is 8.32 Å². The molecule has 1 N–H and O–H groups in total. The maximum atomic E-state index is 9.67. The van der Waals surface area contributed by atoms with Gasteiger partial charge in [0, 0.05) is 6.61 Å². The standard InChI is InChI=1S/C10H24O3Si2/c1-10(2)9-12-7-6-8-14(11)13-15(3,4)5/h11,14H,1,6-9H2,2-5H3. The summed E-state index contributed by atoms with van der Waals surface area (Å²) < 4.78 is 11.0. The molecule has 0 saturated carbocycles. The van der Waals surface area contributed by atoms with Crippen molar-refractivity contribution in [2.24, 2.45) is 0 Å². The first-order valence-electron chi connectivity index (χ1n) is 5.39. The van der Waals surface area contributed by atoms with Crippen LogP contribution in [0.25, 0.3) is 0 Å². The molecule has 0 aromatic carbocycles. The van der Waals surface area contributed by atoms with E-state index < -0.39 is 17.6 Å². The van der Waals surface area contributed by atoms with Crippen molar-refractivity contribution in [2.75, 3.05) is 13.2 Å². The average molecular weight is 248 g/mol. The van der Waals surface area contributed by atoms with Crippen LogP contribution < -0.4 is 0 Å². The van der Waals surface area contributed by atoms with E-state index >= 15 is 0 Å². The number of ether oxygens (including phenoxy) is 1. The van der Waals surface area contributed by atoms with E-state index in [0.29, 0.717) is 13.2 Å². The zero-order valence-corrected chi connectivity index (χ0v) is 12.5. The third-order valence-corrected chi connectivity index (χ3v) is 6.40. The van der Waals surface area contributed by atoms with Gasteiger partial charge in [-0.1, -0.05) is 12.2 Å². The minimum atomic E-state index is -1.94. The number of hydrogen-bond acceptors (Lipinski definition) is 3. The normalized spacial score (nSPS) is 13.9. The predicted octanol–water partition coefficient (Wildman–Crippen LogP) is 2.03. The van der Waals surface area contributed by atoms with Crippen LogP contribution >= 0.6 is 0 Å². The lowest BCUT2D eigenvalue weighted by Crippen LogP contribution is -2.34. The molecule has 0 spiro atoms. The molecule has 0 aromatic heterocycles. The number of rotatable bonds is 8. The lowest BCUT2D eigenvalue weighted by Gasteiger charge is -2.21. The van der Waals surface area contributed by atoms with E-state index in [2.05, 4.69) is 26.2 Å². The van der Waals surface area contributed by atoms with Crippen molar-refractivity contribution in [3.8, 4) is 0 Å². The smallest absolute Gasteiger partial charge is 0.308 e. The van der Waals surface area contributed by atoms with E-state index in [9.17, 15) is 4.80 Å². The molecule has 0 aromatic rings. The second-order valence-corrected chi connectivity index (χ2v) is 11.5. The second kappa shape index (κ2) is 7.35. The molecule has 1 unspecified atom stereocenters. The lowest BCUT2D eigenvalue weighted by molar-refractivity contribution is 0.155. The summed E-state index contributed by atoms with van der Waals surface area (Å²) in [6, 6.07) is 0.778. The molecule has 90 valence electrons. The van der Waals surface area contributed by atoms with E-state index in [0.717, 1.165) is 18.0 Å². The van der Waals surface area contributed by atoms with Crippen LogP contribution in [0.1, 0.15) is 13.3 Å². The summed E-state index contributed by atoms with van der Waals surface area (Å²) in [5.41, 5.74) is 1.03. The highest BCUT2D eigenvalue weighted by atomic mass is 28.4. The Kier molecular flexibility index (Phi) is 7.37. The van der Waals surface area contributed by atoms with Crippen molar-refractivity contribution in [2.45, 2.75) is 39.0 Å². The molecule has 0 heterocycles. The highest BCUT2D eigenvalue weighted by Gasteiger charge is 2.20. The predicted molar refractivity (Wildman–Crippen MR) is 68.9 cm³/mol. The van der Waals surface area contributed by atoms with E-state index in [1.165, 1.54) is 0 Å². The fourth-order valence-corrected chi connectivity index (χ4v) is 5.33. The first kappa shape index (κ1) is 15.1. The van der Waals surface area contributed by atoms with Gasteiger partial charge in [-0.15, -0.1) is 0 Å². The summed E-state index contributed by atoms with van der Waals surface area (Å²) in [6.45, 7) is 13.3. The Balaban J connectivity index is 3.39. The molecule has 0 aliphatic heterocycles. The molecule has 0 amide bonds. The molecule has 0 aliphatic rings. The Morgan fingerprint density at radius 1 is 1.40 bits per heavy atom. The number of hydrogen-bond donors (Lipinski definition) is 1. The highest BCUT2D eigenvalue weighted by Crippen LogP contribution is 2.07. The largest absolute Gasteiger partial charge is 0.438 e. The molecule has 15 heavy (non-hydrogen) atoms. The van der Waals surface area contributed by atoms with Crippen LogP contribution in [0.15, 0.2) is 12.2 Å². The van der Waals surface area contributed by atoms with Crippen molar-refractivity contribution in [3.05, 3.63) is 12.2 Å². The molecule has 0 rings (SSSR count). The first-order valence-corrected chi connectivity index (χ1v) is 10.6. The van der Waals surface area contributed by atoms with Gasteiger partial charge in [0.25, 0.3) is 0 Å². The van der Waals surface area contributed by atoms with Gasteiger partial charge in [0.2, 0.25) is 0 Å². The first-order chi connectivity index (χ1) is 6.81. The Bertz CT molecular complexity index is 190. The van der Waals surface area contributed by atoms with Gasteiger partial charge in [-0.2, -0.15) is 0 Å². The summed E-state index contributed by atoms with van der Waals surface area (Å²) in [5, 5.41) is 0. The summed E-state index contributed by atoms with van der Waals surface area (Å²) in [7, 11) is -3.48. The van der Waals surface area contributed by atoms with Gasteiger partial charge in [0.05, 0.1) is 6.61 Å². The van der Waals surface area contributed by atoms with E-state index in [1.54, 1.807) is 0 Å². The molecule has 3 nitrogen and oxygen atoms in total. The molecule has 0 bridgehead atoms. The van der Waals surface area contributed by atoms with Crippen LogP contribution in [-0.2, 0) is 8.85 Å². The maximum Gasteiger partial charge on any atom is 0.308 e. The van der Waals surface area contributed by atoms with Crippen LogP contribution in [0.3, 0.4) is 0 Å². The van der Waals surface area contributed by atoms with Crippen LogP contribution in [0.4, 0.5) is 0 Å². The van der Waals surface area contributed by atoms with Gasteiger partial charge >= 0.3 is 9.28 Å². The summed E-state index contributed by atoms with van der Waals surface area (Å²) >= 11 is 0. The van der Waals surface area contributed by atoms with Crippen LogP contribution in [0.2, 0.25) is 25.7 Å². The van der Waals surface area contributed by atoms with E-state index in [4.69, 9.17) is 8.85 Å². The Morgan fingerprint density at radius 3 is 2.47 bits per heavy atom. The van der Waals surface area contributed by atoms with Gasteiger partial charge < -0.3 is 13.6 Å². The minimum Gasteiger partial charge on any atom is -0.438 e. The van der Waals surface area contributed by atoms with Crippen LogP contribution in [-0.4, -0.2) is 35.6 Å². The summed E-state index contributed by atoms with van der Waals surface area (Å²) in [4.78, 5) is 9.67. The van der Waals surface area contributed by atoms with Gasteiger partial charge in [-0.25, -0.2) is 0 Å². The van der Waals surface area contributed by atoms with Crippen molar-refractivity contribution in [3.63, 3.8) is 0 Å². The van der Waals surface area contributed by atoms with Crippen LogP contribution in [0, 0.1) is 0 Å². The molecule has 0 saturated heterocycles. The van der Waals surface area contributed by atoms with Crippen LogP contribution in [0.5, 0.6) is 0 Å². The second-order valence-electron chi connectivity index (χ2n) is 4.84. The van der Waals surface area contributed by atoms with E-state index in [1.807, 2.05) is 6.92 Å². The zero-order valence-electron chi connectivity index (χ0n) is 10.4. The van der Waals surface area contributed by atoms with E-state index in [-0.39, 0.29) is 0 Å². The average Bonchev–Trinajstić information content (AvgIpc) is 1.99. The molecular formula is C10H24O3Si2. The quantitative estimate of drug-likeness (QED) is 0.406. The van der Waals surface area contributed by atoms with Crippen molar-refractivity contribution >= 4 is 17.6 Å². The van der Waals surface area contributed by atoms with Gasteiger partial charge in [-0.05, 0) is 39.0 Å². The topological polar surface area (TPSA) is 38.7 Å². The van der Waals surface area contributed by atoms with Gasteiger partial charge in [-0.3, -0.25) is 0 Å². The lowest BCUT2D eigenvalue weighted by atomic mass is 10.4. The minimum absolute atomic E-state index is 0.618. The SMILES string of the molecule is C=C(C)COCCC[SiH](O)O[Si](C)(C)C. The Morgan fingerprint density at radius 2 is 2.00 bits per heavy atom. The molecular weight excluding hydrogens is 224 g/mol. The van der Waals surface area contributed by atoms with Gasteiger partial charge in [0.1, 0.15) is 0 Å². The zero-order chi connectivity index (χ0) is 11.9. The Hall–Kier alpha value is 0.0538. The van der Waals surface area contributed by atoms with Crippen molar-refractivity contribution < 1.29 is 13.6 Å². The summed E-state index contributed by atoms with van der Waals surface area (Å²) in [5.74, 6) is 0. The molecule has 0 aliphatic carbocycles. The monoisotopic (exact) mass is 248 g/mol. The molecule has 1 atom stereocenters. The third kappa shape index (κ3) is 12.0. The fourth-order valence-electron chi connectivity index (χ4n) is 1.07. The maximum absolute atomic E-state index is 9.67. The molecule has 0 radical (unpaired) electrons. The highest BCUT2D eigenvalue weighted by molar-refractivity contribution is 6.75. The third-order valence-electron chi connectivity index (χ3n) is 1.58. The summed E-state index contributed by atoms with van der Waals surface area (Å²) in [6.07, 6.45) is 0.880. The molecule has 0 fully saturated rings. The fraction of sp³-hybridized carbons (Fsp3) is 0.800. The molecule has 5 heteroatoms. The van der Waals surface area contributed by atoms with Crippen molar-refractivity contribution in [1.82, 2.24) is 0 Å².